The normalized spacial score (nSPS) is 22.0. The maximum Gasteiger partial charge on any atom is 0.239 e. The standard InChI is InChI=1S/C28H32FN3O2/c1-28(2)15-22-26(24(33)16-28)27(19-11-5-6-12-20(19)29)32(23-14-8-7-13-21(23)31-22)17-25(34)30-18-9-3-4-10-18/h5-8,11-14,18,27,31H,3-4,9-10,15-17H2,1-2H3,(H,30,34). The molecule has 3 aliphatic rings. The molecule has 1 saturated carbocycles. The highest BCUT2D eigenvalue weighted by Gasteiger charge is 2.42. The van der Waals surface area contributed by atoms with Gasteiger partial charge in [-0.05, 0) is 42.9 Å². The summed E-state index contributed by atoms with van der Waals surface area (Å²) in [6.07, 6.45) is 5.29. The zero-order valence-electron chi connectivity index (χ0n) is 19.9. The highest BCUT2D eigenvalue weighted by atomic mass is 19.1. The zero-order valence-corrected chi connectivity index (χ0v) is 19.9. The van der Waals surface area contributed by atoms with Crippen molar-refractivity contribution in [2.75, 3.05) is 16.8 Å². The maximum absolute atomic E-state index is 15.3. The number of amides is 1. The Bertz CT molecular complexity index is 1150. The lowest BCUT2D eigenvalue weighted by Gasteiger charge is -2.38. The lowest BCUT2D eigenvalue weighted by Crippen LogP contribution is -2.44. The van der Waals surface area contributed by atoms with Crippen molar-refractivity contribution in [3.63, 3.8) is 0 Å². The Morgan fingerprint density at radius 1 is 1.09 bits per heavy atom. The minimum absolute atomic E-state index is 0.000935. The van der Waals surface area contributed by atoms with Gasteiger partial charge in [0.25, 0.3) is 0 Å². The van der Waals surface area contributed by atoms with Crippen LogP contribution < -0.4 is 15.5 Å². The van der Waals surface area contributed by atoms with Crippen molar-refractivity contribution in [3.8, 4) is 0 Å². The largest absolute Gasteiger partial charge is 0.357 e. The molecule has 34 heavy (non-hydrogen) atoms. The van der Waals surface area contributed by atoms with Gasteiger partial charge in [0.2, 0.25) is 5.91 Å². The number of anilines is 2. The SMILES string of the molecule is CC1(C)CC(=O)C2=C(C1)Nc1ccccc1N(CC(=O)NC1CCCC1)C2c1ccccc1F. The van der Waals surface area contributed by atoms with E-state index in [9.17, 15) is 9.59 Å². The molecule has 1 atom stereocenters. The number of benzene rings is 2. The lowest BCUT2D eigenvalue weighted by molar-refractivity contribution is -0.121. The van der Waals surface area contributed by atoms with Gasteiger partial charge in [0.15, 0.2) is 5.78 Å². The molecule has 0 saturated heterocycles. The summed E-state index contributed by atoms with van der Waals surface area (Å²) >= 11 is 0. The van der Waals surface area contributed by atoms with E-state index in [1.807, 2.05) is 29.2 Å². The fourth-order valence-corrected chi connectivity index (χ4v) is 5.75. The van der Waals surface area contributed by atoms with Crippen molar-refractivity contribution in [2.24, 2.45) is 5.41 Å². The Morgan fingerprint density at radius 2 is 1.79 bits per heavy atom. The Morgan fingerprint density at radius 3 is 2.56 bits per heavy atom. The van der Waals surface area contributed by atoms with E-state index in [0.29, 0.717) is 24.0 Å². The molecule has 1 heterocycles. The van der Waals surface area contributed by atoms with Crippen molar-refractivity contribution in [1.82, 2.24) is 5.32 Å². The molecule has 2 aromatic rings. The highest BCUT2D eigenvalue weighted by Crippen LogP contribution is 2.48. The molecule has 2 aromatic carbocycles. The number of para-hydroxylation sites is 2. The third-order valence-corrected chi connectivity index (χ3v) is 7.24. The first kappa shape index (κ1) is 22.6. The molecule has 1 fully saturated rings. The van der Waals surface area contributed by atoms with E-state index in [2.05, 4.69) is 24.5 Å². The van der Waals surface area contributed by atoms with Gasteiger partial charge in [-0.1, -0.05) is 57.0 Å². The Labute approximate surface area is 200 Å². The minimum Gasteiger partial charge on any atom is -0.357 e. The molecule has 178 valence electrons. The summed E-state index contributed by atoms with van der Waals surface area (Å²) in [6.45, 7) is 4.21. The Balaban J connectivity index is 1.64. The van der Waals surface area contributed by atoms with Crippen LogP contribution in [0.4, 0.5) is 15.8 Å². The van der Waals surface area contributed by atoms with Crippen LogP contribution in [0.3, 0.4) is 0 Å². The fraction of sp³-hybridized carbons (Fsp3) is 0.429. The van der Waals surface area contributed by atoms with Crippen molar-refractivity contribution in [2.45, 2.75) is 64.5 Å². The molecular weight excluding hydrogens is 429 g/mol. The van der Waals surface area contributed by atoms with Gasteiger partial charge in [-0.2, -0.15) is 0 Å². The average molecular weight is 462 g/mol. The Hall–Kier alpha value is -3.15. The number of carbonyl (C=O) groups excluding carboxylic acids is 2. The van der Waals surface area contributed by atoms with Gasteiger partial charge < -0.3 is 15.5 Å². The third-order valence-electron chi connectivity index (χ3n) is 7.24. The van der Waals surface area contributed by atoms with E-state index in [1.165, 1.54) is 6.07 Å². The van der Waals surface area contributed by atoms with E-state index in [-0.39, 0.29) is 35.5 Å². The van der Waals surface area contributed by atoms with Gasteiger partial charge >= 0.3 is 0 Å². The van der Waals surface area contributed by atoms with Crippen LogP contribution in [-0.4, -0.2) is 24.3 Å². The van der Waals surface area contributed by atoms with E-state index in [1.54, 1.807) is 18.2 Å². The molecule has 1 amide bonds. The monoisotopic (exact) mass is 461 g/mol. The maximum atomic E-state index is 15.3. The number of hydrogen-bond donors (Lipinski definition) is 2. The first-order chi connectivity index (χ1) is 16.3. The molecular formula is C28H32FN3O2. The molecule has 0 radical (unpaired) electrons. The van der Waals surface area contributed by atoms with Crippen molar-refractivity contribution in [1.29, 1.82) is 0 Å². The second-order valence-electron chi connectivity index (χ2n) is 10.6. The number of allylic oxidation sites excluding steroid dienone is 1. The van der Waals surface area contributed by atoms with Gasteiger partial charge in [-0.25, -0.2) is 4.39 Å². The van der Waals surface area contributed by atoms with Gasteiger partial charge in [0, 0.05) is 29.3 Å². The van der Waals surface area contributed by atoms with Crippen molar-refractivity contribution >= 4 is 23.1 Å². The minimum atomic E-state index is -0.690. The molecule has 1 unspecified atom stereocenters. The van der Waals surface area contributed by atoms with Crippen LogP contribution in [-0.2, 0) is 9.59 Å². The van der Waals surface area contributed by atoms with Crippen molar-refractivity contribution < 1.29 is 14.0 Å². The quantitative estimate of drug-likeness (QED) is 0.631. The molecule has 2 N–H and O–H groups in total. The van der Waals surface area contributed by atoms with Gasteiger partial charge in [0.05, 0.1) is 24.0 Å². The summed E-state index contributed by atoms with van der Waals surface area (Å²) in [5, 5.41) is 6.67. The number of halogens is 1. The molecule has 0 bridgehead atoms. The predicted octanol–water partition coefficient (Wildman–Crippen LogP) is 5.50. The number of nitrogens with one attached hydrogen (secondary N) is 2. The zero-order chi connectivity index (χ0) is 23.9. The summed E-state index contributed by atoms with van der Waals surface area (Å²) in [5.41, 5.74) is 3.21. The molecule has 0 spiro atoms. The van der Waals surface area contributed by atoms with Crippen LogP contribution in [0.2, 0.25) is 0 Å². The van der Waals surface area contributed by atoms with E-state index in [0.717, 1.165) is 42.8 Å². The Kier molecular flexibility index (Phi) is 5.92. The third kappa shape index (κ3) is 4.33. The number of rotatable bonds is 4. The number of carbonyl (C=O) groups is 2. The number of hydrogen-bond acceptors (Lipinski definition) is 4. The van der Waals surface area contributed by atoms with Crippen LogP contribution in [0.25, 0.3) is 0 Å². The molecule has 1 aliphatic heterocycles. The van der Waals surface area contributed by atoms with Crippen LogP contribution in [0, 0.1) is 11.2 Å². The first-order valence-corrected chi connectivity index (χ1v) is 12.3. The summed E-state index contributed by atoms with van der Waals surface area (Å²) in [7, 11) is 0. The topological polar surface area (TPSA) is 61.4 Å². The van der Waals surface area contributed by atoms with Gasteiger partial charge in [-0.15, -0.1) is 0 Å². The summed E-state index contributed by atoms with van der Waals surface area (Å²) in [5.74, 6) is -0.478. The van der Waals surface area contributed by atoms with Crippen LogP contribution >= 0.6 is 0 Å². The van der Waals surface area contributed by atoms with Crippen LogP contribution in [0.15, 0.2) is 59.8 Å². The van der Waals surface area contributed by atoms with Gasteiger partial charge in [0.1, 0.15) is 5.82 Å². The van der Waals surface area contributed by atoms with Crippen LogP contribution in [0.1, 0.15) is 64.0 Å². The first-order valence-electron chi connectivity index (χ1n) is 12.3. The molecule has 0 aromatic heterocycles. The second-order valence-corrected chi connectivity index (χ2v) is 10.6. The number of Topliss-reactive ketones (excluding diaryl/α,β-unsaturated/α-hetero) is 1. The molecule has 5 nitrogen and oxygen atoms in total. The van der Waals surface area contributed by atoms with Gasteiger partial charge in [-0.3, -0.25) is 9.59 Å². The number of fused-ring (bicyclic) bond motifs is 1. The molecule has 5 rings (SSSR count). The second kappa shape index (κ2) is 8.90. The molecule has 2 aliphatic carbocycles. The lowest BCUT2D eigenvalue weighted by atomic mass is 9.73. The van der Waals surface area contributed by atoms with Crippen molar-refractivity contribution in [3.05, 3.63) is 71.2 Å². The van der Waals surface area contributed by atoms with E-state index < -0.39 is 6.04 Å². The molecule has 6 heteroatoms. The smallest absolute Gasteiger partial charge is 0.239 e. The predicted molar refractivity (Wildman–Crippen MR) is 132 cm³/mol. The number of ketones is 1. The average Bonchev–Trinajstić information content (AvgIpc) is 3.24. The fourth-order valence-electron chi connectivity index (χ4n) is 5.75. The highest BCUT2D eigenvalue weighted by molar-refractivity contribution is 6.01. The number of nitrogens with zero attached hydrogens (tertiary/aromatic N) is 1. The van der Waals surface area contributed by atoms with Crippen LogP contribution in [0.5, 0.6) is 0 Å². The summed E-state index contributed by atoms with van der Waals surface area (Å²) < 4.78 is 15.3. The summed E-state index contributed by atoms with van der Waals surface area (Å²) in [4.78, 5) is 28.7. The van der Waals surface area contributed by atoms with E-state index >= 15 is 4.39 Å². The van der Waals surface area contributed by atoms with E-state index in [4.69, 9.17) is 0 Å². The summed E-state index contributed by atoms with van der Waals surface area (Å²) in [6, 6.07) is 13.8.